The minimum atomic E-state index is 0.743. The average Bonchev–Trinajstić information content (AvgIpc) is 2.34. The lowest BCUT2D eigenvalue weighted by Gasteiger charge is -1.91. The first-order chi connectivity index (χ1) is 4.74. The Morgan fingerprint density at radius 2 is 2.40 bits per heavy atom. The van der Waals surface area contributed by atoms with E-state index in [4.69, 9.17) is 4.42 Å². The van der Waals surface area contributed by atoms with E-state index in [9.17, 15) is 0 Å². The summed E-state index contributed by atoms with van der Waals surface area (Å²) in [6, 6.07) is 1.89. The van der Waals surface area contributed by atoms with Crippen molar-refractivity contribution in [1.82, 2.24) is 0 Å². The second-order valence-electron chi connectivity index (χ2n) is 1.87. The highest BCUT2D eigenvalue weighted by Gasteiger charge is 2.01. The Hall–Kier alpha value is -0.0200. The summed E-state index contributed by atoms with van der Waals surface area (Å²) >= 11 is 6.57. The molecule has 3 heteroatoms. The van der Waals surface area contributed by atoms with Crippen LogP contribution >= 0.6 is 31.9 Å². The predicted molar refractivity (Wildman–Crippen MR) is 49.2 cm³/mol. The fraction of sp³-hybridized carbons (Fsp3) is 0.143. The number of hydrogen-bond donors (Lipinski definition) is 0. The van der Waals surface area contributed by atoms with E-state index in [2.05, 4.69) is 38.4 Å². The molecule has 0 N–H and O–H groups in total. The van der Waals surface area contributed by atoms with Gasteiger partial charge in [-0.1, -0.05) is 22.5 Å². The smallest absolute Gasteiger partial charge is 0.131 e. The van der Waals surface area contributed by atoms with E-state index in [1.54, 1.807) is 6.26 Å². The molecule has 0 unspecified atom stereocenters. The van der Waals surface area contributed by atoms with Crippen molar-refractivity contribution in [2.24, 2.45) is 0 Å². The van der Waals surface area contributed by atoms with Crippen LogP contribution in [0.3, 0.4) is 0 Å². The maximum absolute atomic E-state index is 5.14. The first-order valence-electron chi connectivity index (χ1n) is 2.72. The number of hydrogen-bond acceptors (Lipinski definition) is 1. The van der Waals surface area contributed by atoms with E-state index in [-0.39, 0.29) is 0 Å². The summed E-state index contributed by atoms with van der Waals surface area (Å²) in [6.07, 6.45) is 1.64. The van der Waals surface area contributed by atoms with Crippen molar-refractivity contribution in [3.05, 3.63) is 29.1 Å². The maximum Gasteiger partial charge on any atom is 0.131 e. The Kier molecular flexibility index (Phi) is 2.74. The van der Waals surface area contributed by atoms with Crippen molar-refractivity contribution in [2.45, 2.75) is 0 Å². The summed E-state index contributed by atoms with van der Waals surface area (Å²) in [5.41, 5.74) is 0.950. The second-order valence-corrected chi connectivity index (χ2v) is 3.34. The van der Waals surface area contributed by atoms with Crippen LogP contribution in [0, 0.1) is 0 Å². The molecule has 1 rings (SSSR count). The molecular formula is C7H6Br2O. The quantitative estimate of drug-likeness (QED) is 0.747. The van der Waals surface area contributed by atoms with Crippen LogP contribution in [0.15, 0.2) is 27.8 Å². The van der Waals surface area contributed by atoms with E-state index in [0.29, 0.717) is 0 Å². The van der Waals surface area contributed by atoms with Crippen molar-refractivity contribution in [1.29, 1.82) is 0 Å². The van der Waals surface area contributed by atoms with Gasteiger partial charge < -0.3 is 4.42 Å². The van der Waals surface area contributed by atoms with Crippen molar-refractivity contribution < 1.29 is 4.42 Å². The lowest BCUT2D eigenvalue weighted by Crippen LogP contribution is -1.76. The highest BCUT2D eigenvalue weighted by Crippen LogP contribution is 2.20. The third-order valence-electron chi connectivity index (χ3n) is 1.08. The lowest BCUT2D eigenvalue weighted by molar-refractivity contribution is 0.552. The molecule has 0 aromatic carbocycles. The van der Waals surface area contributed by atoms with Crippen LogP contribution in [0.5, 0.6) is 0 Å². The summed E-state index contributed by atoms with van der Waals surface area (Å²) in [7, 11) is 0. The first kappa shape index (κ1) is 8.08. The van der Waals surface area contributed by atoms with E-state index < -0.39 is 0 Å². The molecule has 0 saturated heterocycles. The molecule has 0 aliphatic rings. The van der Waals surface area contributed by atoms with Gasteiger partial charge in [0, 0.05) is 5.33 Å². The molecule has 1 heterocycles. The largest absolute Gasteiger partial charge is 0.463 e. The average molecular weight is 266 g/mol. The molecule has 0 fully saturated rings. The zero-order chi connectivity index (χ0) is 7.56. The van der Waals surface area contributed by atoms with E-state index in [1.807, 2.05) is 6.07 Å². The highest BCUT2D eigenvalue weighted by atomic mass is 79.9. The molecule has 0 bridgehead atoms. The standard InChI is InChI=1S/C7H6Br2O/c1-5(3-8)7-2-6(9)4-10-7/h2,4H,1,3H2. The fourth-order valence-corrected chi connectivity index (χ4v) is 1.14. The monoisotopic (exact) mass is 264 g/mol. The van der Waals surface area contributed by atoms with Crippen molar-refractivity contribution in [2.75, 3.05) is 5.33 Å². The molecule has 0 saturated carbocycles. The predicted octanol–water partition coefficient (Wildman–Crippen LogP) is 3.45. The molecule has 1 aromatic heterocycles. The SMILES string of the molecule is C=C(CBr)c1cc(Br)co1. The van der Waals surface area contributed by atoms with Crippen molar-refractivity contribution in [3.63, 3.8) is 0 Å². The lowest BCUT2D eigenvalue weighted by atomic mass is 10.3. The van der Waals surface area contributed by atoms with Gasteiger partial charge in [-0.05, 0) is 27.6 Å². The number of furan rings is 1. The Balaban J connectivity index is 2.85. The third-order valence-corrected chi connectivity index (χ3v) is 2.17. The molecule has 0 aliphatic heterocycles. The van der Waals surface area contributed by atoms with Crippen LogP contribution in [0.2, 0.25) is 0 Å². The normalized spacial score (nSPS) is 9.80. The Labute approximate surface area is 76.4 Å². The minimum absolute atomic E-state index is 0.743. The second kappa shape index (κ2) is 3.39. The molecule has 1 aromatic rings. The van der Waals surface area contributed by atoms with Crippen molar-refractivity contribution >= 4 is 37.4 Å². The highest BCUT2D eigenvalue weighted by molar-refractivity contribution is 9.10. The van der Waals surface area contributed by atoms with Gasteiger partial charge in [0.15, 0.2) is 0 Å². The first-order valence-corrected chi connectivity index (χ1v) is 4.63. The van der Waals surface area contributed by atoms with Gasteiger partial charge in [0.2, 0.25) is 0 Å². The molecule has 1 nitrogen and oxygen atoms in total. The van der Waals surface area contributed by atoms with Gasteiger partial charge in [-0.2, -0.15) is 0 Å². The molecular weight excluding hydrogens is 260 g/mol. The van der Waals surface area contributed by atoms with Gasteiger partial charge >= 0.3 is 0 Å². The fourth-order valence-electron chi connectivity index (χ4n) is 0.564. The molecule has 0 aliphatic carbocycles. The number of alkyl halides is 1. The maximum atomic E-state index is 5.14. The summed E-state index contributed by atoms with van der Waals surface area (Å²) in [4.78, 5) is 0. The van der Waals surface area contributed by atoms with Crippen LogP contribution in [-0.2, 0) is 0 Å². The van der Waals surface area contributed by atoms with Gasteiger partial charge in [0.25, 0.3) is 0 Å². The van der Waals surface area contributed by atoms with Crippen LogP contribution in [0.1, 0.15) is 5.76 Å². The number of rotatable bonds is 2. The molecule has 0 amide bonds. The van der Waals surface area contributed by atoms with Gasteiger partial charge in [0.1, 0.15) is 12.0 Å². The molecule has 0 spiro atoms. The summed E-state index contributed by atoms with van der Waals surface area (Å²) in [5, 5.41) is 0.743. The van der Waals surface area contributed by atoms with E-state index in [0.717, 1.165) is 21.1 Å². The van der Waals surface area contributed by atoms with Gasteiger partial charge in [0.05, 0.1) is 4.47 Å². The van der Waals surface area contributed by atoms with Crippen LogP contribution in [0.4, 0.5) is 0 Å². The Morgan fingerprint density at radius 1 is 1.70 bits per heavy atom. The summed E-state index contributed by atoms with van der Waals surface area (Å²) in [5.74, 6) is 0.823. The zero-order valence-electron chi connectivity index (χ0n) is 5.23. The Bertz CT molecular complexity index is 240. The van der Waals surface area contributed by atoms with Gasteiger partial charge in [-0.25, -0.2) is 0 Å². The van der Waals surface area contributed by atoms with Gasteiger partial charge in [-0.3, -0.25) is 0 Å². The third kappa shape index (κ3) is 1.73. The van der Waals surface area contributed by atoms with E-state index >= 15 is 0 Å². The number of allylic oxidation sites excluding steroid dienone is 1. The molecule has 54 valence electrons. The molecule has 10 heavy (non-hydrogen) atoms. The number of halogens is 2. The van der Waals surface area contributed by atoms with Gasteiger partial charge in [-0.15, -0.1) is 0 Å². The van der Waals surface area contributed by atoms with Crippen LogP contribution < -0.4 is 0 Å². The molecule has 0 atom stereocenters. The minimum Gasteiger partial charge on any atom is -0.463 e. The summed E-state index contributed by atoms with van der Waals surface area (Å²) < 4.78 is 6.09. The van der Waals surface area contributed by atoms with Crippen molar-refractivity contribution in [3.8, 4) is 0 Å². The van der Waals surface area contributed by atoms with Crippen LogP contribution in [0.25, 0.3) is 5.57 Å². The zero-order valence-corrected chi connectivity index (χ0v) is 8.41. The summed E-state index contributed by atoms with van der Waals surface area (Å²) in [6.45, 7) is 3.80. The molecule has 0 radical (unpaired) electrons. The van der Waals surface area contributed by atoms with E-state index in [1.165, 1.54) is 0 Å². The topological polar surface area (TPSA) is 13.1 Å². The Morgan fingerprint density at radius 3 is 2.80 bits per heavy atom. The van der Waals surface area contributed by atoms with Crippen LogP contribution in [-0.4, -0.2) is 5.33 Å².